The molecule has 1 aromatic rings. The second-order valence-corrected chi connectivity index (χ2v) is 8.21. The number of hydrogen-bond donors (Lipinski definition) is 4. The van der Waals surface area contributed by atoms with Crippen molar-refractivity contribution in [3.63, 3.8) is 0 Å². The van der Waals surface area contributed by atoms with Gasteiger partial charge in [-0.1, -0.05) is 0 Å². The molecule has 0 amide bonds. The first-order valence-electron chi connectivity index (χ1n) is 6.13. The van der Waals surface area contributed by atoms with Crippen LogP contribution >= 0.6 is 23.1 Å². The molecule has 0 aliphatic carbocycles. The standard InChI is InChI=1S/C10H20N6O2S3/c1-14-21(17,18)8(4-11)2-3-19-5-7-6-20-10(15-7)16-9(12)13/h6,8,14H,2-5,11H2,1H3,(H4,12,13,15,16). The molecule has 0 aliphatic heterocycles. The summed E-state index contributed by atoms with van der Waals surface area (Å²) in [5.74, 6) is 1.33. The molecule has 0 spiro atoms. The van der Waals surface area contributed by atoms with Crippen LogP contribution in [0, 0.1) is 0 Å². The SMILES string of the molecule is CNS(=O)(=O)C(CN)CCSCc1csc(N=C(N)N)n1. The highest BCUT2D eigenvalue weighted by molar-refractivity contribution is 7.98. The fraction of sp³-hybridized carbons (Fsp3) is 0.600. The Bertz CT molecular complexity index is 567. The van der Waals surface area contributed by atoms with E-state index in [1.54, 1.807) is 11.8 Å². The van der Waals surface area contributed by atoms with Gasteiger partial charge in [-0.3, -0.25) is 0 Å². The van der Waals surface area contributed by atoms with Crippen molar-refractivity contribution in [2.75, 3.05) is 19.3 Å². The number of aliphatic imine (C=N–C) groups is 1. The molecule has 0 radical (unpaired) electrons. The van der Waals surface area contributed by atoms with E-state index in [9.17, 15) is 8.42 Å². The Hall–Kier alpha value is -0.880. The summed E-state index contributed by atoms with van der Waals surface area (Å²) >= 11 is 2.95. The lowest BCUT2D eigenvalue weighted by atomic mass is 10.3. The van der Waals surface area contributed by atoms with Crippen molar-refractivity contribution >= 4 is 44.2 Å². The molecule has 120 valence electrons. The van der Waals surface area contributed by atoms with Crippen molar-refractivity contribution in [3.05, 3.63) is 11.1 Å². The lowest BCUT2D eigenvalue weighted by molar-refractivity contribution is 0.568. The average Bonchev–Trinajstić information content (AvgIpc) is 2.85. The summed E-state index contributed by atoms with van der Waals surface area (Å²) in [5, 5.41) is 1.82. The topological polar surface area (TPSA) is 149 Å². The van der Waals surface area contributed by atoms with Gasteiger partial charge in [0.05, 0.1) is 10.9 Å². The van der Waals surface area contributed by atoms with Crippen LogP contribution in [0.15, 0.2) is 10.4 Å². The van der Waals surface area contributed by atoms with Crippen molar-refractivity contribution in [1.82, 2.24) is 9.71 Å². The van der Waals surface area contributed by atoms with Crippen LogP contribution in [0.3, 0.4) is 0 Å². The third-order valence-corrected chi connectivity index (χ3v) is 6.27. The number of thioether (sulfide) groups is 1. The quantitative estimate of drug-likeness (QED) is 0.267. The molecular formula is C10H20N6O2S3. The predicted molar refractivity (Wildman–Crippen MR) is 89.2 cm³/mol. The van der Waals surface area contributed by atoms with E-state index in [4.69, 9.17) is 17.2 Å². The molecule has 0 aliphatic rings. The van der Waals surface area contributed by atoms with Crippen molar-refractivity contribution in [3.8, 4) is 0 Å². The molecule has 21 heavy (non-hydrogen) atoms. The molecule has 8 nitrogen and oxygen atoms in total. The zero-order chi connectivity index (χ0) is 15.9. The van der Waals surface area contributed by atoms with Gasteiger partial charge in [-0.2, -0.15) is 16.8 Å². The summed E-state index contributed by atoms with van der Waals surface area (Å²) in [6, 6.07) is 0. The van der Waals surface area contributed by atoms with Gasteiger partial charge in [-0.25, -0.2) is 18.1 Å². The fourth-order valence-electron chi connectivity index (χ4n) is 1.48. The van der Waals surface area contributed by atoms with Gasteiger partial charge in [-0.05, 0) is 19.2 Å². The van der Waals surface area contributed by atoms with E-state index in [1.165, 1.54) is 18.4 Å². The van der Waals surface area contributed by atoms with Crippen molar-refractivity contribution in [1.29, 1.82) is 0 Å². The highest BCUT2D eigenvalue weighted by atomic mass is 32.2. The van der Waals surface area contributed by atoms with Crippen LogP contribution in [0.4, 0.5) is 5.13 Å². The van der Waals surface area contributed by atoms with Crippen LogP contribution in [0.5, 0.6) is 0 Å². The van der Waals surface area contributed by atoms with Gasteiger partial charge < -0.3 is 17.2 Å². The Morgan fingerprint density at radius 1 is 1.57 bits per heavy atom. The van der Waals surface area contributed by atoms with Crippen molar-refractivity contribution in [2.24, 2.45) is 22.2 Å². The maximum absolute atomic E-state index is 11.7. The summed E-state index contributed by atoms with van der Waals surface area (Å²) in [6.45, 7) is 0.106. The minimum absolute atomic E-state index is 0.0217. The fourth-order valence-corrected chi connectivity index (χ4v) is 4.41. The van der Waals surface area contributed by atoms with Crippen LogP contribution < -0.4 is 21.9 Å². The molecular weight excluding hydrogens is 332 g/mol. The number of sulfonamides is 1. The maximum Gasteiger partial charge on any atom is 0.215 e. The Labute approximate surface area is 132 Å². The van der Waals surface area contributed by atoms with Gasteiger partial charge in [0, 0.05) is 17.7 Å². The molecule has 1 rings (SSSR count). The molecule has 11 heteroatoms. The lowest BCUT2D eigenvalue weighted by Gasteiger charge is -2.14. The molecule has 0 aromatic carbocycles. The van der Waals surface area contributed by atoms with Gasteiger partial charge >= 0.3 is 0 Å². The van der Waals surface area contributed by atoms with Crippen LogP contribution in [-0.4, -0.2) is 44.0 Å². The number of nitrogens with two attached hydrogens (primary N) is 3. The molecule has 1 aromatic heterocycles. The summed E-state index contributed by atoms with van der Waals surface area (Å²) in [4.78, 5) is 8.11. The molecule has 7 N–H and O–H groups in total. The first-order valence-corrected chi connectivity index (χ1v) is 9.71. The maximum atomic E-state index is 11.7. The first kappa shape index (κ1) is 18.2. The van der Waals surface area contributed by atoms with E-state index >= 15 is 0 Å². The largest absolute Gasteiger partial charge is 0.370 e. The van der Waals surface area contributed by atoms with Crippen LogP contribution in [-0.2, 0) is 15.8 Å². The summed E-state index contributed by atoms with van der Waals surface area (Å²) in [5.41, 5.74) is 16.9. The molecule has 0 saturated carbocycles. The Kier molecular flexibility index (Phi) is 7.39. The molecule has 0 saturated heterocycles. The van der Waals surface area contributed by atoms with Gasteiger partial charge in [0.2, 0.25) is 15.2 Å². The average molecular weight is 353 g/mol. The van der Waals surface area contributed by atoms with Gasteiger partial charge in [0.15, 0.2) is 5.96 Å². The third kappa shape index (κ3) is 6.18. The highest BCUT2D eigenvalue weighted by Gasteiger charge is 2.21. The van der Waals surface area contributed by atoms with E-state index in [0.717, 1.165) is 5.69 Å². The van der Waals surface area contributed by atoms with E-state index in [-0.39, 0.29) is 12.5 Å². The number of hydrogen-bond acceptors (Lipinski definition) is 7. The van der Waals surface area contributed by atoms with Crippen molar-refractivity contribution < 1.29 is 8.42 Å². The Balaban J connectivity index is 2.40. The number of thiazole rings is 1. The summed E-state index contributed by atoms with van der Waals surface area (Å²) in [6.07, 6.45) is 0.495. The molecule has 1 atom stereocenters. The van der Waals surface area contributed by atoms with Crippen LogP contribution in [0.1, 0.15) is 12.1 Å². The first-order chi connectivity index (χ1) is 9.89. The highest BCUT2D eigenvalue weighted by Crippen LogP contribution is 2.22. The number of nitrogens with zero attached hydrogens (tertiary/aromatic N) is 2. The molecule has 1 unspecified atom stereocenters. The number of aromatic nitrogens is 1. The Morgan fingerprint density at radius 2 is 2.29 bits per heavy atom. The van der Waals surface area contributed by atoms with E-state index in [0.29, 0.717) is 23.1 Å². The number of nitrogens with one attached hydrogen (secondary N) is 1. The minimum Gasteiger partial charge on any atom is -0.370 e. The van der Waals surface area contributed by atoms with E-state index in [2.05, 4.69) is 14.7 Å². The smallest absolute Gasteiger partial charge is 0.215 e. The molecule has 0 bridgehead atoms. The van der Waals surface area contributed by atoms with Gasteiger partial charge in [-0.15, -0.1) is 11.3 Å². The normalized spacial score (nSPS) is 13.0. The van der Waals surface area contributed by atoms with E-state index < -0.39 is 15.3 Å². The Morgan fingerprint density at radius 3 is 2.86 bits per heavy atom. The van der Waals surface area contributed by atoms with Crippen LogP contribution in [0.25, 0.3) is 0 Å². The van der Waals surface area contributed by atoms with Gasteiger partial charge in [0.1, 0.15) is 0 Å². The molecule has 1 heterocycles. The zero-order valence-corrected chi connectivity index (χ0v) is 14.1. The zero-order valence-electron chi connectivity index (χ0n) is 11.7. The van der Waals surface area contributed by atoms with Gasteiger partial charge in [0.25, 0.3) is 0 Å². The molecule has 0 fully saturated rings. The minimum atomic E-state index is -3.31. The summed E-state index contributed by atoms with van der Waals surface area (Å²) < 4.78 is 25.6. The number of guanidine groups is 1. The van der Waals surface area contributed by atoms with Crippen molar-refractivity contribution in [2.45, 2.75) is 17.4 Å². The van der Waals surface area contributed by atoms with Crippen LogP contribution in [0.2, 0.25) is 0 Å². The summed E-state index contributed by atoms with van der Waals surface area (Å²) in [7, 11) is -1.92. The van der Waals surface area contributed by atoms with E-state index in [1.807, 2.05) is 5.38 Å². The monoisotopic (exact) mass is 352 g/mol. The predicted octanol–water partition coefficient (Wildman–Crippen LogP) is -0.452. The second-order valence-electron chi connectivity index (χ2n) is 4.11. The second kappa shape index (κ2) is 8.54. The lowest BCUT2D eigenvalue weighted by Crippen LogP contribution is -2.37. The number of rotatable bonds is 9. The third-order valence-electron chi connectivity index (χ3n) is 2.58.